The lowest BCUT2D eigenvalue weighted by atomic mass is 9.60. The van der Waals surface area contributed by atoms with Gasteiger partial charge in [-0.05, 0) is 49.3 Å². The predicted molar refractivity (Wildman–Crippen MR) is 114 cm³/mol. The van der Waals surface area contributed by atoms with Crippen LogP contribution in [-0.4, -0.2) is 28.8 Å². The van der Waals surface area contributed by atoms with Crippen LogP contribution in [0, 0.1) is 35.4 Å². The first kappa shape index (κ1) is 20.7. The van der Waals surface area contributed by atoms with E-state index in [0.717, 1.165) is 17.7 Å². The number of aliphatic hydroxyl groups excluding tert-OH is 1. The summed E-state index contributed by atoms with van der Waals surface area (Å²) < 4.78 is 19.6. The molecule has 1 saturated heterocycles. The highest BCUT2D eigenvalue weighted by atomic mass is 19.1. The van der Waals surface area contributed by atoms with Crippen LogP contribution in [0.1, 0.15) is 32.4 Å². The van der Waals surface area contributed by atoms with Crippen molar-refractivity contribution < 1.29 is 19.0 Å². The Bertz CT molecular complexity index is 926. The Morgan fingerprint density at radius 1 is 1.27 bits per heavy atom. The summed E-state index contributed by atoms with van der Waals surface area (Å²) in [4.78, 5) is 16.8. The molecule has 0 bridgehead atoms. The Labute approximate surface area is 176 Å². The van der Waals surface area contributed by atoms with Crippen LogP contribution in [0.2, 0.25) is 0 Å². The molecule has 1 aliphatic carbocycles. The van der Waals surface area contributed by atoms with E-state index in [1.54, 1.807) is 24.4 Å². The fourth-order valence-electron chi connectivity index (χ4n) is 5.42. The number of allylic oxidation sites excluding steroid dienone is 1. The molecule has 1 N–H and O–H groups in total. The molecule has 4 nitrogen and oxygen atoms in total. The minimum absolute atomic E-state index is 0.0866. The van der Waals surface area contributed by atoms with Gasteiger partial charge in [0, 0.05) is 29.8 Å². The lowest BCUT2D eigenvalue weighted by molar-refractivity contribution is -0.144. The minimum Gasteiger partial charge on any atom is -0.462 e. The van der Waals surface area contributed by atoms with Gasteiger partial charge in [-0.3, -0.25) is 9.78 Å². The number of rotatable bonds is 5. The van der Waals surface area contributed by atoms with Crippen molar-refractivity contribution >= 4 is 12.0 Å². The first-order valence-corrected chi connectivity index (χ1v) is 10.7. The number of pyridine rings is 1. The number of esters is 1. The molecule has 5 unspecified atom stereocenters. The number of benzene rings is 1. The number of hydrogen-bond donors (Lipinski definition) is 1. The van der Waals surface area contributed by atoms with Crippen molar-refractivity contribution in [2.24, 2.45) is 29.6 Å². The summed E-state index contributed by atoms with van der Waals surface area (Å²) in [6, 6.07) is 10.4. The Balaban J connectivity index is 1.59. The first-order chi connectivity index (χ1) is 14.5. The molecule has 2 aliphatic rings. The lowest BCUT2D eigenvalue weighted by Crippen LogP contribution is -2.42. The zero-order valence-electron chi connectivity index (χ0n) is 17.4. The molecule has 0 radical (unpaired) electrons. The third-order valence-electron chi connectivity index (χ3n) is 6.88. The summed E-state index contributed by atoms with van der Waals surface area (Å²) in [6.07, 6.45) is 7.30. The Morgan fingerprint density at radius 2 is 2.07 bits per heavy atom. The number of hydrogen-bond acceptors (Lipinski definition) is 4. The van der Waals surface area contributed by atoms with Crippen molar-refractivity contribution in [2.75, 3.05) is 6.61 Å². The second kappa shape index (κ2) is 8.68. The van der Waals surface area contributed by atoms with Crippen LogP contribution < -0.4 is 0 Å². The van der Waals surface area contributed by atoms with Gasteiger partial charge >= 0.3 is 5.97 Å². The molecule has 1 saturated carbocycles. The van der Waals surface area contributed by atoms with Gasteiger partial charge in [0.1, 0.15) is 11.9 Å². The van der Waals surface area contributed by atoms with Gasteiger partial charge in [-0.2, -0.15) is 0 Å². The summed E-state index contributed by atoms with van der Waals surface area (Å²) in [5.41, 5.74) is 2.05. The van der Waals surface area contributed by atoms with Crippen molar-refractivity contribution in [3.05, 3.63) is 60.2 Å². The number of fused-ring (bicyclic) bond motifs is 1. The topological polar surface area (TPSA) is 59.4 Å². The van der Waals surface area contributed by atoms with E-state index in [2.05, 4.69) is 18.0 Å². The van der Waals surface area contributed by atoms with Gasteiger partial charge in [-0.15, -0.1) is 0 Å². The summed E-state index contributed by atoms with van der Waals surface area (Å²) in [5, 5.41) is 9.91. The van der Waals surface area contributed by atoms with Gasteiger partial charge in [0.25, 0.3) is 0 Å². The number of nitrogens with zero attached hydrogens (tertiary/aromatic N) is 1. The lowest BCUT2D eigenvalue weighted by Gasteiger charge is -2.42. The van der Waals surface area contributed by atoms with Gasteiger partial charge in [-0.1, -0.05) is 43.7 Å². The highest BCUT2D eigenvalue weighted by molar-refractivity contribution is 5.75. The van der Waals surface area contributed by atoms with Crippen LogP contribution in [0.4, 0.5) is 4.39 Å². The van der Waals surface area contributed by atoms with Crippen LogP contribution in [0.25, 0.3) is 17.2 Å². The fourth-order valence-corrected chi connectivity index (χ4v) is 5.42. The maximum absolute atomic E-state index is 14.0. The third kappa shape index (κ3) is 3.79. The second-order valence-corrected chi connectivity index (χ2v) is 8.46. The Hall–Kier alpha value is -2.53. The van der Waals surface area contributed by atoms with Crippen LogP contribution in [0.15, 0.2) is 48.7 Å². The molecule has 0 spiro atoms. The molecule has 2 fully saturated rings. The molecule has 1 aromatic heterocycles. The number of aromatic nitrogens is 1. The molecule has 1 aromatic carbocycles. The average molecular weight is 410 g/mol. The fraction of sp³-hybridized carbons (Fsp3) is 0.440. The molecule has 0 amide bonds. The Morgan fingerprint density at radius 3 is 2.73 bits per heavy atom. The van der Waals surface area contributed by atoms with Gasteiger partial charge in [0.05, 0.1) is 11.6 Å². The van der Waals surface area contributed by atoms with Gasteiger partial charge in [0.2, 0.25) is 0 Å². The second-order valence-electron chi connectivity index (χ2n) is 8.46. The molecular weight excluding hydrogens is 381 g/mol. The van der Waals surface area contributed by atoms with Crippen LogP contribution >= 0.6 is 0 Å². The standard InChI is InChI=1S/C25H28FNO3/c1-3-19-17(14-28)12-22-24(15(2)30-25(22)29)21(19)11-10-18-9-8-16(13-27-18)20-6-4-5-7-23(20)26/h4-11,13,15,17,19,21-22,24,28H,3,12,14H2,1-2H3/b11-10+/t15-,17?,19?,21?,22?,24?/m1/s1. The van der Waals surface area contributed by atoms with E-state index in [1.165, 1.54) is 6.07 Å². The summed E-state index contributed by atoms with van der Waals surface area (Å²) in [5.74, 6) is 0.107. The maximum Gasteiger partial charge on any atom is 0.309 e. The van der Waals surface area contributed by atoms with E-state index >= 15 is 0 Å². The molecule has 4 rings (SSSR count). The number of aliphatic hydroxyl groups is 1. The van der Waals surface area contributed by atoms with E-state index in [1.807, 2.05) is 25.1 Å². The third-order valence-corrected chi connectivity index (χ3v) is 6.88. The highest BCUT2D eigenvalue weighted by Gasteiger charge is 2.52. The van der Waals surface area contributed by atoms with Crippen molar-refractivity contribution in [1.82, 2.24) is 4.98 Å². The maximum atomic E-state index is 14.0. The van der Waals surface area contributed by atoms with Crippen molar-refractivity contribution in [3.63, 3.8) is 0 Å². The predicted octanol–water partition coefficient (Wildman–Crippen LogP) is 4.73. The van der Waals surface area contributed by atoms with E-state index in [0.29, 0.717) is 17.9 Å². The van der Waals surface area contributed by atoms with E-state index in [-0.39, 0.29) is 48.2 Å². The molecule has 6 atom stereocenters. The quantitative estimate of drug-likeness (QED) is 0.725. The van der Waals surface area contributed by atoms with Crippen molar-refractivity contribution in [2.45, 2.75) is 32.8 Å². The molecule has 158 valence electrons. The van der Waals surface area contributed by atoms with Crippen LogP contribution in [0.5, 0.6) is 0 Å². The van der Waals surface area contributed by atoms with Crippen LogP contribution in [0.3, 0.4) is 0 Å². The molecular formula is C25H28FNO3. The van der Waals surface area contributed by atoms with Gasteiger partial charge in [0.15, 0.2) is 0 Å². The number of carbonyl (C=O) groups excluding carboxylic acids is 1. The largest absolute Gasteiger partial charge is 0.462 e. The Kier molecular flexibility index (Phi) is 6.00. The summed E-state index contributed by atoms with van der Waals surface area (Å²) in [6.45, 7) is 4.19. The number of ether oxygens (including phenoxy) is 1. The zero-order chi connectivity index (χ0) is 21.3. The van der Waals surface area contributed by atoms with E-state index < -0.39 is 0 Å². The first-order valence-electron chi connectivity index (χ1n) is 10.7. The molecule has 30 heavy (non-hydrogen) atoms. The van der Waals surface area contributed by atoms with Crippen molar-refractivity contribution in [3.8, 4) is 11.1 Å². The number of halogens is 1. The minimum atomic E-state index is -0.267. The summed E-state index contributed by atoms with van der Waals surface area (Å²) >= 11 is 0. The highest BCUT2D eigenvalue weighted by Crippen LogP contribution is 2.50. The van der Waals surface area contributed by atoms with Crippen LogP contribution in [-0.2, 0) is 9.53 Å². The molecule has 2 heterocycles. The average Bonchev–Trinajstić information content (AvgIpc) is 3.05. The number of carbonyl (C=O) groups is 1. The summed E-state index contributed by atoms with van der Waals surface area (Å²) in [7, 11) is 0. The molecule has 2 aromatic rings. The number of cyclic esters (lactones) is 1. The zero-order valence-corrected chi connectivity index (χ0v) is 17.4. The van der Waals surface area contributed by atoms with Crippen molar-refractivity contribution in [1.29, 1.82) is 0 Å². The smallest absolute Gasteiger partial charge is 0.309 e. The van der Waals surface area contributed by atoms with Gasteiger partial charge < -0.3 is 9.84 Å². The van der Waals surface area contributed by atoms with Gasteiger partial charge in [-0.25, -0.2) is 4.39 Å². The normalized spacial score (nSPS) is 31.0. The monoisotopic (exact) mass is 409 g/mol. The van der Waals surface area contributed by atoms with E-state index in [4.69, 9.17) is 4.74 Å². The molecule has 5 heteroatoms. The SMILES string of the molecule is CCC1C(CO)CC2C(=O)O[C@H](C)C2C1/C=C/c1ccc(-c2ccccc2F)cn1. The van der Waals surface area contributed by atoms with E-state index in [9.17, 15) is 14.3 Å². The molecule has 1 aliphatic heterocycles.